The Morgan fingerprint density at radius 3 is 2.29 bits per heavy atom. The first-order valence-corrected chi connectivity index (χ1v) is 15.5. The summed E-state index contributed by atoms with van der Waals surface area (Å²) < 4.78 is 0. The second-order valence-corrected chi connectivity index (χ2v) is 13.9. The van der Waals surface area contributed by atoms with E-state index in [1.807, 2.05) is 4.90 Å². The largest absolute Gasteiger partial charge is 0.354 e. The molecule has 5 nitrogen and oxygen atoms in total. The van der Waals surface area contributed by atoms with E-state index in [1.165, 1.54) is 50.5 Å². The summed E-state index contributed by atoms with van der Waals surface area (Å²) in [5.74, 6) is 2.80. The van der Waals surface area contributed by atoms with E-state index in [-0.39, 0.29) is 35.2 Å². The summed E-state index contributed by atoms with van der Waals surface area (Å²) in [6.07, 6.45) is 13.3. The zero-order valence-electron chi connectivity index (χ0n) is 24.4. The van der Waals surface area contributed by atoms with Gasteiger partial charge < -0.3 is 10.2 Å². The van der Waals surface area contributed by atoms with Crippen LogP contribution in [0.5, 0.6) is 0 Å². The van der Waals surface area contributed by atoms with Crippen LogP contribution in [-0.2, 0) is 15.1 Å². The Labute approximate surface area is 231 Å². The molecule has 4 aliphatic rings. The number of likely N-dealkylation sites (tertiary alicyclic amines) is 1. The minimum Gasteiger partial charge on any atom is -0.354 e. The average molecular weight is 522 g/mol. The lowest BCUT2D eigenvalue weighted by Crippen LogP contribution is -2.60. The highest BCUT2D eigenvalue weighted by Crippen LogP contribution is 2.57. The third kappa shape index (κ3) is 5.42. The van der Waals surface area contributed by atoms with Gasteiger partial charge in [-0.1, -0.05) is 69.9 Å². The van der Waals surface area contributed by atoms with E-state index in [0.29, 0.717) is 11.8 Å². The summed E-state index contributed by atoms with van der Waals surface area (Å²) in [6, 6.07) is 11.0. The predicted molar refractivity (Wildman–Crippen MR) is 153 cm³/mol. The van der Waals surface area contributed by atoms with Crippen molar-refractivity contribution in [3.63, 3.8) is 0 Å². The van der Waals surface area contributed by atoms with Gasteiger partial charge in [-0.25, -0.2) is 0 Å². The van der Waals surface area contributed by atoms with Gasteiger partial charge >= 0.3 is 0 Å². The molecular formula is C33H51N3O2. The molecule has 3 aliphatic carbocycles. The lowest BCUT2D eigenvalue weighted by Gasteiger charge is -2.58. The molecule has 4 unspecified atom stereocenters. The van der Waals surface area contributed by atoms with Gasteiger partial charge in [0.15, 0.2) is 0 Å². The second kappa shape index (κ2) is 11.3. The number of amides is 2. The number of nitrogens with zero attached hydrogens (tertiary/aromatic N) is 2. The van der Waals surface area contributed by atoms with Crippen LogP contribution in [0.15, 0.2) is 30.3 Å². The van der Waals surface area contributed by atoms with Crippen molar-refractivity contribution >= 4 is 11.8 Å². The summed E-state index contributed by atoms with van der Waals surface area (Å²) in [5.41, 5.74) is 1.56. The van der Waals surface area contributed by atoms with Crippen LogP contribution in [0.3, 0.4) is 0 Å². The Balaban J connectivity index is 1.32. The lowest BCUT2D eigenvalue weighted by atomic mass is 9.53. The minimum absolute atomic E-state index is 0.00332. The van der Waals surface area contributed by atoms with Crippen molar-refractivity contribution in [1.29, 1.82) is 0 Å². The molecule has 3 saturated carbocycles. The van der Waals surface area contributed by atoms with E-state index < -0.39 is 0 Å². The molecule has 0 radical (unpaired) electrons. The third-order valence-electron chi connectivity index (χ3n) is 11.4. The molecule has 5 rings (SSSR count). The molecule has 1 saturated heterocycles. The maximum atomic E-state index is 13.7. The number of carbonyl (C=O) groups is 2. The normalized spacial score (nSPS) is 36.0. The zero-order valence-corrected chi connectivity index (χ0v) is 24.4. The molecule has 2 amide bonds. The van der Waals surface area contributed by atoms with Crippen LogP contribution in [0, 0.1) is 35.0 Å². The molecule has 1 aromatic carbocycles. The monoisotopic (exact) mass is 521 g/mol. The van der Waals surface area contributed by atoms with Crippen LogP contribution < -0.4 is 5.32 Å². The lowest BCUT2D eigenvalue weighted by molar-refractivity contribution is -0.158. The van der Waals surface area contributed by atoms with Crippen molar-refractivity contribution < 1.29 is 9.59 Å². The van der Waals surface area contributed by atoms with Crippen molar-refractivity contribution in [3.8, 4) is 0 Å². The summed E-state index contributed by atoms with van der Waals surface area (Å²) >= 11 is 0. The second-order valence-electron chi connectivity index (χ2n) is 13.9. The van der Waals surface area contributed by atoms with Crippen molar-refractivity contribution in [2.75, 3.05) is 33.7 Å². The fourth-order valence-electron chi connectivity index (χ4n) is 8.67. The third-order valence-corrected chi connectivity index (χ3v) is 11.4. The quantitative estimate of drug-likeness (QED) is 0.468. The maximum Gasteiger partial charge on any atom is 0.239 e. The van der Waals surface area contributed by atoms with Crippen LogP contribution in [0.2, 0.25) is 0 Å². The molecular weight excluding hydrogens is 470 g/mol. The van der Waals surface area contributed by atoms with Gasteiger partial charge in [0.05, 0.1) is 6.54 Å². The molecule has 210 valence electrons. The number of nitrogens with one attached hydrogen (secondary N) is 1. The summed E-state index contributed by atoms with van der Waals surface area (Å²) in [5, 5.41) is 3.19. The van der Waals surface area contributed by atoms with Crippen LogP contribution in [0.1, 0.15) is 90.0 Å². The maximum absolute atomic E-state index is 13.7. The Morgan fingerprint density at radius 2 is 1.71 bits per heavy atom. The number of hydrogen-bond donors (Lipinski definition) is 1. The summed E-state index contributed by atoms with van der Waals surface area (Å²) in [4.78, 5) is 31.1. The number of hydrogen-bond acceptors (Lipinski definition) is 3. The predicted octanol–water partition coefficient (Wildman–Crippen LogP) is 5.84. The van der Waals surface area contributed by atoms with Crippen molar-refractivity contribution in [3.05, 3.63) is 35.9 Å². The number of piperidine rings is 1. The van der Waals surface area contributed by atoms with Crippen LogP contribution >= 0.6 is 0 Å². The molecule has 4 fully saturated rings. The Morgan fingerprint density at radius 1 is 1.00 bits per heavy atom. The first-order chi connectivity index (χ1) is 18.2. The van der Waals surface area contributed by atoms with Crippen LogP contribution in [0.4, 0.5) is 0 Å². The van der Waals surface area contributed by atoms with Crippen molar-refractivity contribution in [2.45, 2.75) is 90.0 Å². The molecule has 1 aliphatic heterocycles. The fraction of sp³-hybridized carbons (Fsp3) is 0.758. The van der Waals surface area contributed by atoms with Gasteiger partial charge in [-0.15, -0.1) is 0 Å². The smallest absolute Gasteiger partial charge is 0.239 e. The van der Waals surface area contributed by atoms with E-state index in [4.69, 9.17) is 0 Å². The molecule has 0 bridgehead atoms. The molecule has 38 heavy (non-hydrogen) atoms. The van der Waals surface area contributed by atoms with Gasteiger partial charge in [0.2, 0.25) is 11.8 Å². The first-order valence-electron chi connectivity index (χ1n) is 15.5. The number of rotatable bonds is 8. The van der Waals surface area contributed by atoms with E-state index in [9.17, 15) is 9.59 Å². The van der Waals surface area contributed by atoms with Crippen LogP contribution in [-0.4, -0.2) is 55.3 Å². The highest BCUT2D eigenvalue weighted by Gasteiger charge is 2.55. The fourth-order valence-corrected chi connectivity index (χ4v) is 8.67. The van der Waals surface area contributed by atoms with Gasteiger partial charge in [-0.05, 0) is 93.7 Å². The SMILES string of the molecule is CC1CCC(CNC(=O)CN2CC3(CCC(c4ccccc4)(N(C)C)CC3)C(CC3CCC3)C(C)C2=O)C1. The average Bonchev–Trinajstić information content (AvgIpc) is 3.31. The van der Waals surface area contributed by atoms with Gasteiger partial charge in [0, 0.05) is 24.5 Å². The standard InChI is InChI=1S/C33H51N3O2/c1-24-13-14-27(19-24)21-34-30(37)22-36-23-32(29(25(2)31(36)38)20-26-9-8-10-26)15-17-33(18-16-32,35(3)4)28-11-6-5-7-12-28/h5-7,11-12,24-27,29H,8-10,13-23H2,1-4H3,(H,34,37). The number of benzene rings is 1. The minimum atomic E-state index is -0.00332. The molecule has 1 heterocycles. The zero-order chi connectivity index (χ0) is 26.9. The number of carbonyl (C=O) groups excluding carboxylic acids is 2. The van der Waals surface area contributed by atoms with E-state index >= 15 is 0 Å². The Bertz CT molecular complexity index is 964. The summed E-state index contributed by atoms with van der Waals surface area (Å²) in [7, 11) is 4.46. The van der Waals surface area contributed by atoms with Crippen LogP contribution in [0.25, 0.3) is 0 Å². The topological polar surface area (TPSA) is 52.7 Å². The highest BCUT2D eigenvalue weighted by atomic mass is 16.2. The van der Waals surface area contributed by atoms with Gasteiger partial charge in [-0.3, -0.25) is 14.5 Å². The summed E-state index contributed by atoms with van der Waals surface area (Å²) in [6.45, 7) is 6.21. The van der Waals surface area contributed by atoms with E-state index in [1.54, 1.807) is 0 Å². The molecule has 5 heteroatoms. The molecule has 1 N–H and O–H groups in total. The molecule has 1 aromatic rings. The van der Waals surface area contributed by atoms with Crippen molar-refractivity contribution in [1.82, 2.24) is 15.1 Å². The van der Waals surface area contributed by atoms with Gasteiger partial charge in [0.25, 0.3) is 0 Å². The molecule has 1 spiro atoms. The van der Waals surface area contributed by atoms with E-state index in [2.05, 4.69) is 68.5 Å². The van der Waals surface area contributed by atoms with Crippen molar-refractivity contribution in [2.24, 2.45) is 35.0 Å². The highest BCUT2D eigenvalue weighted by molar-refractivity contribution is 5.86. The van der Waals surface area contributed by atoms with Gasteiger partial charge in [0.1, 0.15) is 0 Å². The van der Waals surface area contributed by atoms with Gasteiger partial charge in [-0.2, -0.15) is 0 Å². The Kier molecular flexibility index (Phi) is 8.24. The first kappa shape index (κ1) is 27.7. The van der Waals surface area contributed by atoms with E-state index in [0.717, 1.165) is 50.6 Å². The molecule has 0 aromatic heterocycles. The molecule has 4 atom stereocenters. The Hall–Kier alpha value is -1.88.